The smallest absolute Gasteiger partial charge is 0.326 e. The summed E-state index contributed by atoms with van der Waals surface area (Å²) >= 11 is 2.79. The Morgan fingerprint density at radius 3 is 1.75 bits per heavy atom. The van der Waals surface area contributed by atoms with Crippen LogP contribution in [-0.2, 0) is 80.0 Å². The maximum absolute atomic E-state index is 15.1. The number of nitrogens with two attached hydrogens (primary N) is 6. The first kappa shape index (κ1) is 85.3. The van der Waals surface area contributed by atoms with Crippen LogP contribution in [0, 0.1) is 0 Å². The van der Waals surface area contributed by atoms with Crippen LogP contribution >= 0.6 is 23.5 Å². The number of primary amides is 2. The summed E-state index contributed by atoms with van der Waals surface area (Å²) in [6.07, 6.45) is 6.97. The lowest BCUT2D eigenvalue weighted by molar-refractivity contribution is -0.148. The number of amides is 13. The third-order valence-corrected chi connectivity index (χ3v) is 19.9. The van der Waals surface area contributed by atoms with Gasteiger partial charge in [0.15, 0.2) is 5.96 Å². The summed E-state index contributed by atoms with van der Waals surface area (Å²) in [5, 5.41) is 42.8. The summed E-state index contributed by atoms with van der Waals surface area (Å²) in [5.41, 5.74) is 35.3. The van der Waals surface area contributed by atoms with Crippen molar-refractivity contribution in [1.82, 2.24) is 72.2 Å². The number of benzene rings is 1. The van der Waals surface area contributed by atoms with Crippen LogP contribution in [0.3, 0.4) is 0 Å². The molecular formula is C67H103N21O16S2. The second-order valence-corrected chi connectivity index (χ2v) is 28.5. The van der Waals surface area contributed by atoms with Crippen molar-refractivity contribution in [2.75, 3.05) is 56.7 Å². The second-order valence-electron chi connectivity index (χ2n) is 26.5. The number of unbranched alkanes of at least 4 members (excludes halogenated alkanes) is 1. The first-order chi connectivity index (χ1) is 50.6. The van der Waals surface area contributed by atoms with Crippen molar-refractivity contribution >= 4 is 123 Å². The number of aliphatic hydroxyl groups is 1. The van der Waals surface area contributed by atoms with E-state index in [1.165, 1.54) is 57.7 Å². The number of aliphatic imine (C=N–C) groups is 1. The topological polar surface area (TPSA) is 598 Å². The highest BCUT2D eigenvalue weighted by Crippen LogP contribution is 2.28. The number of para-hydroxylation sites is 1. The van der Waals surface area contributed by atoms with Gasteiger partial charge in [-0.1, -0.05) is 18.2 Å². The summed E-state index contributed by atoms with van der Waals surface area (Å²) in [5.74, 6) is -11.5. The molecule has 5 heterocycles. The van der Waals surface area contributed by atoms with Gasteiger partial charge in [0.1, 0.15) is 66.5 Å². The third kappa shape index (κ3) is 25.3. The minimum Gasteiger partial charge on any atom is -0.480 e. The van der Waals surface area contributed by atoms with Gasteiger partial charge in [-0.15, -0.1) is 0 Å². The highest BCUT2D eigenvalue weighted by molar-refractivity contribution is 7.98. The van der Waals surface area contributed by atoms with E-state index in [0.717, 1.165) is 0 Å². The normalized spacial score (nSPS) is 18.4. The van der Waals surface area contributed by atoms with Gasteiger partial charge >= 0.3 is 5.97 Å². The van der Waals surface area contributed by atoms with Gasteiger partial charge in [0.2, 0.25) is 76.8 Å². The van der Waals surface area contributed by atoms with E-state index < -0.39 is 168 Å². The zero-order chi connectivity index (χ0) is 77.7. The Morgan fingerprint density at radius 2 is 1.13 bits per heavy atom. The lowest BCUT2D eigenvalue weighted by Crippen LogP contribution is -2.62. The fourth-order valence-electron chi connectivity index (χ4n) is 12.9. The molecule has 0 aliphatic carbocycles. The number of hydrogen-bond donors (Lipinski definition) is 18. The summed E-state index contributed by atoms with van der Waals surface area (Å²) in [4.78, 5) is 212. The zero-order valence-corrected chi connectivity index (χ0v) is 61.5. The van der Waals surface area contributed by atoms with Gasteiger partial charge in [0.05, 0.1) is 24.9 Å². The van der Waals surface area contributed by atoms with E-state index in [2.05, 4.69) is 62.5 Å². The Bertz CT molecular complexity index is 3580. The van der Waals surface area contributed by atoms with Crippen LogP contribution in [0.15, 0.2) is 48.0 Å². The molecule has 3 fully saturated rings. The molecule has 13 atom stereocenters. The number of carboxylic acid groups (broad SMARTS) is 1. The molecule has 39 heteroatoms. The van der Waals surface area contributed by atoms with E-state index in [9.17, 15) is 72.5 Å². The number of nitrogens with one attached hydrogen (secondary N) is 10. The highest BCUT2D eigenvalue weighted by atomic mass is 32.2. The van der Waals surface area contributed by atoms with Crippen LogP contribution in [0.2, 0.25) is 0 Å². The van der Waals surface area contributed by atoms with Gasteiger partial charge in [-0.2, -0.15) is 23.5 Å². The van der Waals surface area contributed by atoms with Gasteiger partial charge in [-0.05, 0) is 139 Å². The van der Waals surface area contributed by atoms with Gasteiger partial charge < -0.3 is 112 Å². The van der Waals surface area contributed by atoms with Gasteiger partial charge in [0.25, 0.3) is 0 Å². The zero-order valence-electron chi connectivity index (χ0n) is 59.9. The van der Waals surface area contributed by atoms with E-state index in [1.807, 2.05) is 18.4 Å². The highest BCUT2D eigenvalue weighted by Gasteiger charge is 2.46. The predicted octanol–water partition coefficient (Wildman–Crippen LogP) is -4.85. The number of fused-ring (bicyclic) bond motifs is 1. The number of H-pyrrole nitrogens is 2. The maximum atomic E-state index is 15.1. The number of guanidine groups is 1. The van der Waals surface area contributed by atoms with Crippen molar-refractivity contribution in [3.8, 4) is 0 Å². The summed E-state index contributed by atoms with van der Waals surface area (Å²) in [6.45, 7) is 1.63. The molecule has 3 aliphatic rings. The number of rotatable bonds is 44. The number of aromatic nitrogens is 3. The Balaban J connectivity index is 1.21. The van der Waals surface area contributed by atoms with Crippen molar-refractivity contribution in [3.63, 3.8) is 0 Å². The van der Waals surface area contributed by atoms with Crippen molar-refractivity contribution in [1.29, 1.82) is 0 Å². The molecule has 1 aromatic carbocycles. The molecule has 3 aliphatic heterocycles. The third-order valence-electron chi connectivity index (χ3n) is 18.6. The van der Waals surface area contributed by atoms with E-state index in [0.29, 0.717) is 53.6 Å². The molecule has 13 amide bonds. The first-order valence-electron chi connectivity index (χ1n) is 35.4. The average molecular weight is 1520 g/mol. The van der Waals surface area contributed by atoms with E-state index in [1.54, 1.807) is 24.6 Å². The number of aliphatic hydroxyl groups excluding tert-OH is 1. The number of thioether (sulfide) groups is 2. The molecular weight excluding hydrogens is 1420 g/mol. The lowest BCUT2D eigenvalue weighted by Gasteiger charge is -2.33. The molecule has 584 valence electrons. The Hall–Kier alpha value is -9.60. The van der Waals surface area contributed by atoms with Crippen LogP contribution in [0.1, 0.15) is 121 Å². The SMILES string of the molecule is CSCC[C@H](NC(=O)[C@@H](NC(=O)[C@H](Cc1cnc[nH]1)NC(=O)[C@H](CCCCN)NC(=O)[C@H](Cc1c[nH]c2ccccc12)NC(=O)[C@@H]1CCCN1C(=O)[C@@H]1CCCN1C(=O)[C@H](CC(N)=O)NC(=O)[C@@H](N)CCSC)[C@@H](C)O)C(=O)N1CCC[C@H]1C(=O)N[C@@H](CCCN=C(N)N)C(=O)N[C@@H](CCC(N)=O)C(=O)O. The molecule has 106 heavy (non-hydrogen) atoms. The molecule has 37 nitrogen and oxygen atoms in total. The van der Waals surface area contributed by atoms with Crippen molar-refractivity contribution in [2.45, 2.75) is 201 Å². The second kappa shape index (κ2) is 42.5. The van der Waals surface area contributed by atoms with Crippen LogP contribution in [0.4, 0.5) is 0 Å². The molecule has 3 saturated heterocycles. The molecule has 0 spiro atoms. The molecule has 6 rings (SSSR count). The number of carbonyl (C=O) groups excluding carboxylic acids is 13. The minimum atomic E-state index is -1.80. The van der Waals surface area contributed by atoms with E-state index in [4.69, 9.17) is 34.4 Å². The standard InChI is InChI=1S/C67H103N21O16S2/c1-36(89)54(62(99)80-44(22-29-106-3)63(100)86-25-9-16-49(86)60(97)79-43(15-8-24-75-67(72)73)56(93)81-45(66(103)104)19-20-52(70)90)85-59(96)47(31-38-34-74-35-77-38)82-57(94)42(14-6-7-23-68)78-58(95)46(30-37-33-76-41-13-5-4-12-39(37)41)83-61(98)50-17-10-26-87(50)65(102)51-18-11-27-88(51)64(101)48(32-53(71)91)84-55(92)40(69)21-28-105-2/h4-5,12-13,33-36,40,42-51,54,76,89H,6-11,14-32,68-69H2,1-3H3,(H2,70,90)(H2,71,91)(H,74,77)(H,78,95)(H,79,97)(H,80,99)(H,81,93)(H,82,94)(H,83,98)(H,84,92)(H,85,96)(H,103,104)(H4,72,73,75)/t36-,40+,42+,43+,44+,45+,46+,47+,48+,49+,50+,51+,54+/m1/s1. The number of hydrogen-bond acceptors (Lipinski definition) is 21. The van der Waals surface area contributed by atoms with Crippen molar-refractivity contribution in [2.24, 2.45) is 39.4 Å². The van der Waals surface area contributed by atoms with Crippen molar-refractivity contribution < 1.29 is 77.3 Å². The van der Waals surface area contributed by atoms with E-state index in [-0.39, 0.29) is 128 Å². The quantitative estimate of drug-likeness (QED) is 0.0143. The molecule has 0 unspecified atom stereocenters. The largest absolute Gasteiger partial charge is 0.480 e. The molecule has 0 bridgehead atoms. The van der Waals surface area contributed by atoms with Gasteiger partial charge in [-0.25, -0.2) is 9.78 Å². The number of carboxylic acids is 1. The van der Waals surface area contributed by atoms with Crippen LogP contribution in [0.25, 0.3) is 10.9 Å². The van der Waals surface area contributed by atoms with Crippen LogP contribution < -0.4 is 76.9 Å². The van der Waals surface area contributed by atoms with Crippen LogP contribution in [0.5, 0.6) is 0 Å². The maximum Gasteiger partial charge on any atom is 0.326 e. The Morgan fingerprint density at radius 1 is 0.594 bits per heavy atom. The average Bonchev–Trinajstić information content (AvgIpc) is 1.64. The summed E-state index contributed by atoms with van der Waals surface area (Å²) in [6, 6.07) is -9.20. The number of likely N-dealkylation sites (tertiary alicyclic amines) is 3. The predicted molar refractivity (Wildman–Crippen MR) is 392 cm³/mol. The van der Waals surface area contributed by atoms with Crippen molar-refractivity contribution in [3.05, 3.63) is 54.2 Å². The fourth-order valence-corrected chi connectivity index (χ4v) is 13.9. The minimum absolute atomic E-state index is 0.0142. The number of imidazole rings is 1. The molecule has 24 N–H and O–H groups in total. The molecule has 2 aromatic heterocycles. The molecule has 3 aromatic rings. The molecule has 0 radical (unpaired) electrons. The summed E-state index contributed by atoms with van der Waals surface area (Å²) in [7, 11) is 0. The number of aliphatic carboxylic acids is 1. The van der Waals surface area contributed by atoms with Gasteiger partial charge in [0, 0.05) is 74.4 Å². The Kier molecular flexibility index (Phi) is 34.2. The van der Waals surface area contributed by atoms with Crippen LogP contribution in [-0.4, -0.2) is 264 Å². The fraction of sp³-hybridized carbons (Fsp3) is 0.612. The molecule has 0 saturated carbocycles. The number of carbonyl (C=O) groups is 14. The number of aromatic amines is 2. The first-order valence-corrected chi connectivity index (χ1v) is 38.2. The van der Waals surface area contributed by atoms with Gasteiger partial charge in [-0.3, -0.25) is 67.3 Å². The number of nitrogens with zero attached hydrogens (tertiary/aromatic N) is 5. The Labute approximate surface area is 621 Å². The van der Waals surface area contributed by atoms with E-state index >= 15 is 4.79 Å². The lowest BCUT2D eigenvalue weighted by atomic mass is 10.0. The summed E-state index contributed by atoms with van der Waals surface area (Å²) < 4.78 is 0. The monoisotopic (exact) mass is 1520 g/mol.